The molecule has 1 aliphatic carbocycles. The monoisotopic (exact) mass is 273 g/mol. The van der Waals surface area contributed by atoms with E-state index in [0.29, 0.717) is 18.3 Å². The first-order valence-electron chi connectivity index (χ1n) is 6.96. The summed E-state index contributed by atoms with van der Waals surface area (Å²) in [5.74, 6) is 1.87. The molecule has 1 saturated carbocycles. The second kappa shape index (κ2) is 4.43. The van der Waals surface area contributed by atoms with Gasteiger partial charge in [0.05, 0.1) is 18.4 Å². The molecule has 1 N–H and O–H groups in total. The average molecular weight is 273 g/mol. The lowest BCUT2D eigenvalue weighted by Crippen LogP contribution is -2.24. The molecule has 0 radical (unpaired) electrons. The van der Waals surface area contributed by atoms with Gasteiger partial charge in [0.1, 0.15) is 5.82 Å². The Morgan fingerprint density at radius 2 is 2.40 bits per heavy atom. The second-order valence-electron chi connectivity index (χ2n) is 5.34. The van der Waals surface area contributed by atoms with E-state index in [1.165, 1.54) is 0 Å². The Morgan fingerprint density at radius 3 is 3.25 bits per heavy atom. The van der Waals surface area contributed by atoms with Crippen LogP contribution in [0.1, 0.15) is 53.2 Å². The predicted molar refractivity (Wildman–Crippen MR) is 68.0 cm³/mol. The van der Waals surface area contributed by atoms with Gasteiger partial charge in [-0.25, -0.2) is 4.98 Å². The minimum absolute atomic E-state index is 0.0491. The molecular weight excluding hydrogens is 258 g/mol. The van der Waals surface area contributed by atoms with Crippen LogP contribution in [0.15, 0.2) is 10.7 Å². The number of hydrogen-bond acceptors (Lipinski definition) is 5. The van der Waals surface area contributed by atoms with Gasteiger partial charge in [0, 0.05) is 18.9 Å². The van der Waals surface area contributed by atoms with Crippen LogP contribution in [0, 0.1) is 0 Å². The summed E-state index contributed by atoms with van der Waals surface area (Å²) in [6, 6.07) is 0. The third-order valence-electron chi connectivity index (χ3n) is 3.81. The van der Waals surface area contributed by atoms with Gasteiger partial charge in [-0.05, 0) is 19.3 Å². The number of aromatic nitrogens is 4. The maximum absolute atomic E-state index is 12.0. The second-order valence-corrected chi connectivity index (χ2v) is 5.34. The van der Waals surface area contributed by atoms with E-state index in [4.69, 9.17) is 4.52 Å². The topological polar surface area (TPSA) is 85.8 Å². The van der Waals surface area contributed by atoms with Crippen molar-refractivity contribution in [3.8, 4) is 0 Å². The van der Waals surface area contributed by atoms with Crippen LogP contribution in [0.4, 0.5) is 0 Å². The highest BCUT2D eigenvalue weighted by Gasteiger charge is 2.30. The fourth-order valence-electron chi connectivity index (χ4n) is 2.54. The van der Waals surface area contributed by atoms with Gasteiger partial charge in [-0.3, -0.25) is 4.79 Å². The summed E-state index contributed by atoms with van der Waals surface area (Å²) < 4.78 is 7.15. The van der Waals surface area contributed by atoms with Crippen molar-refractivity contribution in [3.63, 3.8) is 0 Å². The fraction of sp³-hybridized carbons (Fsp3) is 0.538. The van der Waals surface area contributed by atoms with Crippen molar-refractivity contribution < 1.29 is 9.32 Å². The van der Waals surface area contributed by atoms with Crippen LogP contribution in [0.25, 0.3) is 0 Å². The molecule has 0 unspecified atom stereocenters. The van der Waals surface area contributed by atoms with E-state index < -0.39 is 0 Å². The summed E-state index contributed by atoms with van der Waals surface area (Å²) in [4.78, 5) is 20.4. The van der Waals surface area contributed by atoms with Gasteiger partial charge >= 0.3 is 11.8 Å². The predicted octanol–water partition coefficient (Wildman–Crippen LogP) is 1.02. The largest absolute Gasteiger partial charge is 0.342 e. The Labute approximate surface area is 115 Å². The van der Waals surface area contributed by atoms with Crippen LogP contribution >= 0.6 is 0 Å². The zero-order valence-electron chi connectivity index (χ0n) is 11.0. The lowest BCUT2D eigenvalue weighted by Gasteiger charge is -2.04. The molecule has 1 amide bonds. The van der Waals surface area contributed by atoms with E-state index in [9.17, 15) is 4.79 Å². The summed E-state index contributed by atoms with van der Waals surface area (Å²) in [6.07, 6.45) is 6.13. The van der Waals surface area contributed by atoms with Crippen molar-refractivity contribution in [1.29, 1.82) is 0 Å². The number of nitrogens with zero attached hydrogens (tertiary/aromatic N) is 4. The third kappa shape index (κ3) is 1.99. The van der Waals surface area contributed by atoms with Crippen molar-refractivity contribution in [2.45, 2.75) is 44.7 Å². The molecular formula is C13H15N5O2. The third-order valence-corrected chi connectivity index (χ3v) is 3.81. The maximum atomic E-state index is 12.0. The van der Waals surface area contributed by atoms with Crippen molar-refractivity contribution in [2.75, 3.05) is 0 Å². The van der Waals surface area contributed by atoms with Crippen LogP contribution in [0.3, 0.4) is 0 Å². The minimum Gasteiger partial charge on any atom is -0.342 e. The molecule has 0 bridgehead atoms. The lowest BCUT2D eigenvalue weighted by molar-refractivity contribution is 0.0906. The van der Waals surface area contributed by atoms with Gasteiger partial charge in [-0.15, -0.1) is 0 Å². The number of rotatable bonds is 4. The molecule has 0 saturated heterocycles. The van der Waals surface area contributed by atoms with E-state index in [-0.39, 0.29) is 11.8 Å². The van der Waals surface area contributed by atoms with Gasteiger partial charge in [-0.1, -0.05) is 5.16 Å². The molecule has 1 aliphatic heterocycles. The SMILES string of the molecule is O=C(NCc1cnc2n1CCC2)c1nc(C2CC2)no1. The van der Waals surface area contributed by atoms with Crippen LogP contribution < -0.4 is 5.32 Å². The number of carbonyl (C=O) groups excluding carboxylic acids is 1. The normalized spacial score (nSPS) is 17.2. The smallest absolute Gasteiger partial charge is 0.315 e. The highest BCUT2D eigenvalue weighted by atomic mass is 16.5. The summed E-state index contributed by atoms with van der Waals surface area (Å²) in [5.41, 5.74) is 1.02. The number of hydrogen-bond donors (Lipinski definition) is 1. The standard InChI is InChI=1S/C13H15N5O2/c19-12(13-16-11(17-20-13)8-3-4-8)15-7-9-6-14-10-2-1-5-18(9)10/h6,8H,1-5,7H2,(H,15,19). The van der Waals surface area contributed by atoms with E-state index in [0.717, 1.165) is 43.7 Å². The van der Waals surface area contributed by atoms with Gasteiger partial charge in [0.2, 0.25) is 0 Å². The Kier molecular flexibility index (Phi) is 2.58. The number of fused-ring (bicyclic) bond motifs is 1. The summed E-state index contributed by atoms with van der Waals surface area (Å²) >= 11 is 0. The Bertz CT molecular complexity index is 656. The lowest BCUT2D eigenvalue weighted by atomic mass is 10.3. The van der Waals surface area contributed by atoms with Gasteiger partial charge in [-0.2, -0.15) is 4.98 Å². The number of aryl methyl sites for hydroxylation is 1. The van der Waals surface area contributed by atoms with E-state index in [1.807, 2.05) is 6.20 Å². The molecule has 0 atom stereocenters. The molecule has 20 heavy (non-hydrogen) atoms. The molecule has 0 aromatic carbocycles. The first kappa shape index (κ1) is 11.6. The molecule has 2 aliphatic rings. The molecule has 2 aromatic heterocycles. The quantitative estimate of drug-likeness (QED) is 0.898. The Hall–Kier alpha value is -2.18. The highest BCUT2D eigenvalue weighted by molar-refractivity contribution is 5.89. The number of nitrogens with one attached hydrogen (secondary N) is 1. The van der Waals surface area contributed by atoms with E-state index in [1.54, 1.807) is 0 Å². The van der Waals surface area contributed by atoms with Gasteiger partial charge in [0.25, 0.3) is 0 Å². The molecule has 3 heterocycles. The molecule has 7 nitrogen and oxygen atoms in total. The average Bonchev–Trinajstić information content (AvgIpc) is 2.91. The highest BCUT2D eigenvalue weighted by Crippen LogP contribution is 2.38. The van der Waals surface area contributed by atoms with Crippen molar-refractivity contribution in [3.05, 3.63) is 29.4 Å². The van der Waals surface area contributed by atoms with Crippen molar-refractivity contribution in [2.24, 2.45) is 0 Å². The first-order valence-corrected chi connectivity index (χ1v) is 6.96. The Balaban J connectivity index is 1.41. The van der Waals surface area contributed by atoms with Crippen LogP contribution in [0.5, 0.6) is 0 Å². The summed E-state index contributed by atoms with van der Waals surface area (Å²) in [5, 5.41) is 6.65. The zero-order valence-corrected chi connectivity index (χ0v) is 11.0. The number of carbonyl (C=O) groups is 1. The van der Waals surface area contributed by atoms with E-state index in [2.05, 4.69) is 25.0 Å². The maximum Gasteiger partial charge on any atom is 0.315 e. The first-order chi connectivity index (χ1) is 9.81. The minimum atomic E-state index is -0.321. The van der Waals surface area contributed by atoms with Crippen LogP contribution in [-0.4, -0.2) is 25.6 Å². The van der Waals surface area contributed by atoms with Crippen LogP contribution in [0.2, 0.25) is 0 Å². The fourth-order valence-corrected chi connectivity index (χ4v) is 2.54. The molecule has 0 spiro atoms. The van der Waals surface area contributed by atoms with E-state index >= 15 is 0 Å². The molecule has 2 aromatic rings. The zero-order chi connectivity index (χ0) is 13.5. The van der Waals surface area contributed by atoms with Gasteiger partial charge < -0.3 is 14.4 Å². The van der Waals surface area contributed by atoms with Crippen molar-refractivity contribution >= 4 is 5.91 Å². The van der Waals surface area contributed by atoms with Crippen molar-refractivity contribution in [1.82, 2.24) is 25.0 Å². The Morgan fingerprint density at radius 1 is 1.50 bits per heavy atom. The molecule has 7 heteroatoms. The summed E-state index contributed by atoms with van der Waals surface area (Å²) in [7, 11) is 0. The van der Waals surface area contributed by atoms with Crippen LogP contribution in [-0.2, 0) is 19.5 Å². The summed E-state index contributed by atoms with van der Waals surface area (Å²) in [6.45, 7) is 1.42. The van der Waals surface area contributed by atoms with Gasteiger partial charge in [0.15, 0.2) is 5.82 Å². The number of imidazole rings is 1. The molecule has 1 fully saturated rings. The molecule has 104 valence electrons. The molecule has 4 rings (SSSR count). The number of amides is 1.